The number of carbonyl (C=O) groups is 1. The summed E-state index contributed by atoms with van der Waals surface area (Å²) in [4.78, 5) is 19.8. The molecule has 1 aromatic heterocycles. The topological polar surface area (TPSA) is 73.4 Å². The van der Waals surface area contributed by atoms with Gasteiger partial charge in [-0.1, -0.05) is 12.1 Å². The predicted molar refractivity (Wildman–Crippen MR) is 91.5 cm³/mol. The Bertz CT molecular complexity index is 707. The Hall–Kier alpha value is -1.86. The second-order valence-corrected chi connectivity index (χ2v) is 7.15. The number of hydrogen-bond donors (Lipinski definition) is 1. The van der Waals surface area contributed by atoms with Crippen LogP contribution in [0.2, 0.25) is 0 Å². The van der Waals surface area contributed by atoms with E-state index in [-0.39, 0.29) is 18.2 Å². The van der Waals surface area contributed by atoms with Crippen LogP contribution >= 0.6 is 0 Å². The van der Waals surface area contributed by atoms with Crippen LogP contribution in [0.4, 0.5) is 0 Å². The molecular formula is C17H23BN2O4. The highest BCUT2D eigenvalue weighted by atomic mass is 16.7. The maximum absolute atomic E-state index is 11.9. The average molecular weight is 330 g/mol. The molecule has 0 amide bonds. The lowest BCUT2D eigenvalue weighted by molar-refractivity contribution is -0.140. The number of hydrogen-bond acceptors (Lipinski definition) is 5. The fourth-order valence-electron chi connectivity index (χ4n) is 2.79. The highest BCUT2D eigenvalue weighted by Gasteiger charge is 2.55. The Labute approximate surface area is 142 Å². The van der Waals surface area contributed by atoms with Crippen LogP contribution in [0.3, 0.4) is 0 Å². The van der Waals surface area contributed by atoms with E-state index in [4.69, 9.17) is 14.0 Å². The number of benzene rings is 1. The molecule has 1 fully saturated rings. The second-order valence-electron chi connectivity index (χ2n) is 7.15. The van der Waals surface area contributed by atoms with E-state index in [1.807, 2.05) is 52.0 Å². The number of imidazole rings is 1. The van der Waals surface area contributed by atoms with Crippen molar-refractivity contribution in [3.05, 3.63) is 30.1 Å². The minimum atomic E-state index is -0.574. The summed E-state index contributed by atoms with van der Waals surface area (Å²) in [5.74, 6) is -0.0267. The lowest BCUT2D eigenvalue weighted by atomic mass is 9.69. The van der Waals surface area contributed by atoms with Crippen molar-refractivity contribution in [1.82, 2.24) is 9.97 Å². The standard InChI is InChI=1S/C17H23BN2O4/c1-16(2)17(3,4)24-18(23-16)11(10-14(21)22-5)15-19-12-8-6-7-9-13(12)20-15/h6-9,11H,10H2,1-5H3,(H,19,20). The van der Waals surface area contributed by atoms with Crippen molar-refractivity contribution in [2.45, 2.75) is 51.1 Å². The third-order valence-electron chi connectivity index (χ3n) is 4.97. The quantitative estimate of drug-likeness (QED) is 0.689. The van der Waals surface area contributed by atoms with Crippen molar-refractivity contribution < 1.29 is 18.8 Å². The molecule has 3 rings (SSSR count). The molecule has 128 valence electrons. The van der Waals surface area contributed by atoms with E-state index in [1.54, 1.807) is 0 Å². The third-order valence-corrected chi connectivity index (χ3v) is 4.97. The van der Waals surface area contributed by atoms with E-state index in [9.17, 15) is 4.79 Å². The molecule has 1 aliphatic rings. The Morgan fingerprint density at radius 3 is 2.46 bits per heavy atom. The molecule has 7 heteroatoms. The van der Waals surface area contributed by atoms with Crippen LogP contribution in [-0.2, 0) is 18.8 Å². The molecule has 1 N–H and O–H groups in total. The number of aromatic amines is 1. The largest absolute Gasteiger partial charge is 0.469 e. The van der Waals surface area contributed by atoms with Gasteiger partial charge in [-0.05, 0) is 39.8 Å². The van der Waals surface area contributed by atoms with Gasteiger partial charge >= 0.3 is 13.1 Å². The van der Waals surface area contributed by atoms with Crippen molar-refractivity contribution in [2.24, 2.45) is 0 Å². The normalized spacial score (nSPS) is 20.3. The molecule has 2 heterocycles. The first-order chi connectivity index (χ1) is 11.2. The van der Waals surface area contributed by atoms with E-state index in [0.717, 1.165) is 11.0 Å². The van der Waals surface area contributed by atoms with Crippen LogP contribution in [-0.4, -0.2) is 41.4 Å². The molecule has 2 aromatic rings. The molecular weight excluding hydrogens is 307 g/mol. The number of fused-ring (bicyclic) bond motifs is 1. The van der Waals surface area contributed by atoms with Gasteiger partial charge in [0.15, 0.2) is 0 Å². The molecule has 1 atom stereocenters. The summed E-state index contributed by atoms with van der Waals surface area (Å²) in [5.41, 5.74) is 0.814. The van der Waals surface area contributed by atoms with E-state index < -0.39 is 18.3 Å². The van der Waals surface area contributed by atoms with E-state index in [0.29, 0.717) is 5.82 Å². The van der Waals surface area contributed by atoms with Crippen LogP contribution in [0.15, 0.2) is 24.3 Å². The molecule has 0 radical (unpaired) electrons. The molecule has 1 aromatic carbocycles. The summed E-state index contributed by atoms with van der Waals surface area (Å²) in [6.45, 7) is 7.95. The molecule has 0 saturated carbocycles. The lowest BCUT2D eigenvalue weighted by Crippen LogP contribution is -2.41. The minimum absolute atomic E-state index is 0.132. The minimum Gasteiger partial charge on any atom is -0.469 e. The number of esters is 1. The number of ether oxygens (including phenoxy) is 1. The van der Waals surface area contributed by atoms with Crippen molar-refractivity contribution in [3.63, 3.8) is 0 Å². The Balaban J connectivity index is 1.96. The van der Waals surface area contributed by atoms with Crippen LogP contribution < -0.4 is 0 Å². The SMILES string of the molecule is COC(=O)CC(B1OC(C)(C)C(C)(C)O1)c1nc2ccccc2[nH]1. The molecule has 1 unspecified atom stereocenters. The molecule has 1 aliphatic heterocycles. The monoisotopic (exact) mass is 330 g/mol. The zero-order valence-corrected chi connectivity index (χ0v) is 14.8. The van der Waals surface area contributed by atoms with Crippen LogP contribution in [0.25, 0.3) is 11.0 Å². The first-order valence-electron chi connectivity index (χ1n) is 8.10. The number of H-pyrrole nitrogens is 1. The zero-order valence-electron chi connectivity index (χ0n) is 14.8. The van der Waals surface area contributed by atoms with Crippen molar-refractivity contribution in [3.8, 4) is 0 Å². The Morgan fingerprint density at radius 2 is 1.88 bits per heavy atom. The smallest absolute Gasteiger partial charge is 0.469 e. The highest BCUT2D eigenvalue weighted by molar-refractivity contribution is 6.48. The lowest BCUT2D eigenvalue weighted by Gasteiger charge is -2.32. The van der Waals surface area contributed by atoms with Gasteiger partial charge in [-0.2, -0.15) is 0 Å². The van der Waals surface area contributed by atoms with Gasteiger partial charge in [-0.25, -0.2) is 4.98 Å². The summed E-state index contributed by atoms with van der Waals surface area (Å²) < 4.78 is 17.1. The second kappa shape index (κ2) is 5.90. The van der Waals surface area contributed by atoms with Crippen molar-refractivity contribution in [1.29, 1.82) is 0 Å². The van der Waals surface area contributed by atoms with Gasteiger partial charge in [0.2, 0.25) is 0 Å². The molecule has 6 nitrogen and oxygen atoms in total. The number of rotatable bonds is 4. The maximum Gasteiger partial charge on any atom is 0.469 e. The van der Waals surface area contributed by atoms with Crippen LogP contribution in [0.1, 0.15) is 45.8 Å². The summed E-state index contributed by atoms with van der Waals surface area (Å²) in [6, 6.07) is 7.74. The third kappa shape index (κ3) is 2.94. The Morgan fingerprint density at radius 1 is 1.25 bits per heavy atom. The molecule has 0 spiro atoms. The first-order valence-corrected chi connectivity index (χ1v) is 8.10. The van der Waals surface area contributed by atoms with Crippen LogP contribution in [0.5, 0.6) is 0 Å². The molecule has 0 bridgehead atoms. The summed E-state index contributed by atoms with van der Waals surface area (Å²) in [7, 11) is 0.803. The fraction of sp³-hybridized carbons (Fsp3) is 0.529. The van der Waals surface area contributed by atoms with E-state index in [1.165, 1.54) is 7.11 Å². The first kappa shape index (κ1) is 17.0. The average Bonchev–Trinajstić information content (AvgIpc) is 3.02. The predicted octanol–water partition coefficient (Wildman–Crippen LogP) is 2.84. The number of nitrogens with zero attached hydrogens (tertiary/aromatic N) is 1. The van der Waals surface area contributed by atoms with E-state index >= 15 is 0 Å². The fourth-order valence-corrected chi connectivity index (χ4v) is 2.79. The number of nitrogens with one attached hydrogen (secondary N) is 1. The molecule has 0 aliphatic carbocycles. The van der Waals surface area contributed by atoms with Gasteiger partial charge < -0.3 is 19.0 Å². The summed E-state index contributed by atoms with van der Waals surface area (Å²) >= 11 is 0. The van der Waals surface area contributed by atoms with Gasteiger partial charge in [0.05, 0.1) is 41.6 Å². The summed E-state index contributed by atoms with van der Waals surface area (Å²) in [5, 5.41) is 0. The van der Waals surface area contributed by atoms with Crippen molar-refractivity contribution >= 4 is 24.1 Å². The van der Waals surface area contributed by atoms with Gasteiger partial charge in [0, 0.05) is 0 Å². The Kier molecular flexibility index (Phi) is 4.17. The number of para-hydroxylation sites is 2. The van der Waals surface area contributed by atoms with Gasteiger partial charge in [-0.3, -0.25) is 4.79 Å². The maximum atomic E-state index is 11.9. The van der Waals surface area contributed by atoms with Gasteiger partial charge in [-0.15, -0.1) is 0 Å². The van der Waals surface area contributed by atoms with Crippen molar-refractivity contribution in [2.75, 3.05) is 7.11 Å². The summed E-state index contributed by atoms with van der Waals surface area (Å²) in [6.07, 6.45) is 0.132. The van der Waals surface area contributed by atoms with Crippen LogP contribution in [0, 0.1) is 0 Å². The highest BCUT2D eigenvalue weighted by Crippen LogP contribution is 2.41. The zero-order chi connectivity index (χ0) is 17.5. The number of methoxy groups -OCH3 is 1. The molecule has 1 saturated heterocycles. The van der Waals surface area contributed by atoms with E-state index in [2.05, 4.69) is 9.97 Å². The molecule has 24 heavy (non-hydrogen) atoms. The number of aromatic nitrogens is 2. The van der Waals surface area contributed by atoms with Gasteiger partial charge in [0.25, 0.3) is 0 Å². The number of carbonyl (C=O) groups excluding carboxylic acids is 1. The van der Waals surface area contributed by atoms with Gasteiger partial charge in [0.1, 0.15) is 5.82 Å².